The summed E-state index contributed by atoms with van der Waals surface area (Å²) in [5.41, 5.74) is 8.09. The summed E-state index contributed by atoms with van der Waals surface area (Å²) in [4.78, 5) is 12.4. The summed E-state index contributed by atoms with van der Waals surface area (Å²) >= 11 is 1.74. The third-order valence-corrected chi connectivity index (χ3v) is 3.70. The lowest BCUT2D eigenvalue weighted by molar-refractivity contribution is 0.1000. The van der Waals surface area contributed by atoms with Crippen LogP contribution in [0.15, 0.2) is 35.7 Å². The van der Waals surface area contributed by atoms with E-state index in [1.807, 2.05) is 19.1 Å². The lowest BCUT2D eigenvalue weighted by Crippen LogP contribution is -2.14. The molecule has 0 aliphatic carbocycles. The largest absolute Gasteiger partial charge is 0.366 e. The molecule has 0 radical (unpaired) electrons. The van der Waals surface area contributed by atoms with Gasteiger partial charge in [0.15, 0.2) is 0 Å². The summed E-state index contributed by atoms with van der Waals surface area (Å²) < 4.78 is 0. The molecule has 0 saturated carbocycles. The first-order chi connectivity index (χ1) is 8.66. The van der Waals surface area contributed by atoms with Gasteiger partial charge in [-0.05, 0) is 41.6 Å². The highest BCUT2D eigenvalue weighted by molar-refractivity contribution is 7.09. The Balaban J connectivity index is 1.95. The van der Waals surface area contributed by atoms with Crippen molar-refractivity contribution in [3.05, 3.63) is 57.3 Å². The number of rotatable bonds is 5. The van der Waals surface area contributed by atoms with Crippen LogP contribution in [-0.2, 0) is 13.1 Å². The molecule has 0 spiro atoms. The Morgan fingerprint density at radius 3 is 2.78 bits per heavy atom. The Bertz CT molecular complexity index is 535. The van der Waals surface area contributed by atoms with E-state index in [0.717, 1.165) is 18.7 Å². The van der Waals surface area contributed by atoms with Crippen molar-refractivity contribution in [1.29, 1.82) is 0 Å². The third kappa shape index (κ3) is 3.18. The number of benzene rings is 1. The molecule has 0 aliphatic heterocycles. The highest BCUT2D eigenvalue weighted by atomic mass is 32.1. The van der Waals surface area contributed by atoms with Crippen molar-refractivity contribution in [3.63, 3.8) is 0 Å². The van der Waals surface area contributed by atoms with Gasteiger partial charge in [0.05, 0.1) is 0 Å². The molecule has 0 saturated heterocycles. The van der Waals surface area contributed by atoms with Crippen LogP contribution in [0.1, 0.15) is 26.4 Å². The minimum atomic E-state index is -0.379. The van der Waals surface area contributed by atoms with Crippen LogP contribution in [-0.4, -0.2) is 5.91 Å². The van der Waals surface area contributed by atoms with Gasteiger partial charge in [0.2, 0.25) is 5.91 Å². The predicted molar refractivity (Wildman–Crippen MR) is 74.6 cm³/mol. The first-order valence-electron chi connectivity index (χ1n) is 5.79. The predicted octanol–water partition coefficient (Wildman–Crippen LogP) is 2.45. The van der Waals surface area contributed by atoms with Gasteiger partial charge in [-0.3, -0.25) is 4.79 Å². The minimum absolute atomic E-state index is 0.379. The van der Waals surface area contributed by atoms with Gasteiger partial charge in [-0.1, -0.05) is 12.1 Å². The molecule has 0 fully saturated rings. The zero-order valence-electron chi connectivity index (χ0n) is 10.3. The van der Waals surface area contributed by atoms with Crippen LogP contribution in [0.3, 0.4) is 0 Å². The van der Waals surface area contributed by atoms with Gasteiger partial charge in [0, 0.05) is 23.5 Å². The molecule has 0 atom stereocenters. The van der Waals surface area contributed by atoms with E-state index in [-0.39, 0.29) is 5.91 Å². The van der Waals surface area contributed by atoms with Crippen LogP contribution in [0, 0.1) is 6.92 Å². The van der Waals surface area contributed by atoms with Gasteiger partial charge < -0.3 is 11.1 Å². The fraction of sp³-hybridized carbons (Fsp3) is 0.214. The number of nitrogens with one attached hydrogen (secondary N) is 1. The summed E-state index contributed by atoms with van der Waals surface area (Å²) in [6.07, 6.45) is 0. The van der Waals surface area contributed by atoms with Crippen LogP contribution in [0.4, 0.5) is 0 Å². The Hall–Kier alpha value is -1.65. The summed E-state index contributed by atoms with van der Waals surface area (Å²) in [6, 6.07) is 9.73. The lowest BCUT2D eigenvalue weighted by atomic mass is 10.0. The molecular formula is C14H16N2OS. The molecule has 1 aromatic carbocycles. The maximum atomic E-state index is 11.0. The first-order valence-corrected chi connectivity index (χ1v) is 6.67. The van der Waals surface area contributed by atoms with E-state index >= 15 is 0 Å². The lowest BCUT2D eigenvalue weighted by Gasteiger charge is -2.08. The highest BCUT2D eigenvalue weighted by Crippen LogP contribution is 2.12. The highest BCUT2D eigenvalue weighted by Gasteiger charge is 2.04. The summed E-state index contributed by atoms with van der Waals surface area (Å²) in [5.74, 6) is -0.379. The molecule has 3 nitrogen and oxygen atoms in total. The summed E-state index contributed by atoms with van der Waals surface area (Å²) in [5, 5.41) is 5.46. The van der Waals surface area contributed by atoms with E-state index in [0.29, 0.717) is 5.56 Å². The average Bonchev–Trinajstić information content (AvgIpc) is 2.84. The van der Waals surface area contributed by atoms with Crippen molar-refractivity contribution < 1.29 is 4.79 Å². The molecule has 4 heteroatoms. The van der Waals surface area contributed by atoms with Crippen molar-refractivity contribution >= 4 is 17.2 Å². The monoisotopic (exact) mass is 260 g/mol. The molecule has 3 N–H and O–H groups in total. The third-order valence-electron chi connectivity index (χ3n) is 2.82. The number of hydrogen-bond acceptors (Lipinski definition) is 3. The number of aryl methyl sites for hydroxylation is 1. The average molecular weight is 260 g/mol. The van der Waals surface area contributed by atoms with Crippen LogP contribution in [0.5, 0.6) is 0 Å². The number of nitrogens with two attached hydrogens (primary N) is 1. The number of thiophene rings is 1. The van der Waals surface area contributed by atoms with E-state index < -0.39 is 0 Å². The number of carbonyl (C=O) groups is 1. The van der Waals surface area contributed by atoms with Gasteiger partial charge in [0.25, 0.3) is 0 Å². The molecule has 18 heavy (non-hydrogen) atoms. The van der Waals surface area contributed by atoms with E-state index in [1.54, 1.807) is 17.4 Å². The molecule has 1 aromatic heterocycles. The normalized spacial score (nSPS) is 10.5. The van der Waals surface area contributed by atoms with Crippen molar-refractivity contribution in [3.8, 4) is 0 Å². The molecule has 0 aliphatic rings. The number of amides is 1. The van der Waals surface area contributed by atoms with E-state index in [4.69, 9.17) is 5.73 Å². The van der Waals surface area contributed by atoms with Crippen molar-refractivity contribution in [1.82, 2.24) is 5.32 Å². The van der Waals surface area contributed by atoms with Gasteiger partial charge in [-0.15, -0.1) is 11.3 Å². The quantitative estimate of drug-likeness (QED) is 0.867. The van der Waals surface area contributed by atoms with Crippen LogP contribution in [0.25, 0.3) is 0 Å². The second-order valence-corrected chi connectivity index (χ2v) is 5.22. The van der Waals surface area contributed by atoms with Crippen molar-refractivity contribution in [2.24, 2.45) is 5.73 Å². The summed E-state index contributed by atoms with van der Waals surface area (Å²) in [6.45, 7) is 3.66. The molecule has 2 rings (SSSR count). The molecule has 2 aromatic rings. The second-order valence-electron chi connectivity index (χ2n) is 4.19. The Kier molecular flexibility index (Phi) is 4.12. The Morgan fingerprint density at radius 1 is 1.33 bits per heavy atom. The number of primary amides is 1. The fourth-order valence-corrected chi connectivity index (χ4v) is 2.46. The zero-order valence-corrected chi connectivity index (χ0v) is 11.1. The van der Waals surface area contributed by atoms with Crippen LogP contribution >= 0.6 is 11.3 Å². The van der Waals surface area contributed by atoms with E-state index in [1.165, 1.54) is 10.4 Å². The number of hydrogen-bond donors (Lipinski definition) is 2. The van der Waals surface area contributed by atoms with Gasteiger partial charge >= 0.3 is 0 Å². The maximum Gasteiger partial charge on any atom is 0.248 e. The maximum absolute atomic E-state index is 11.0. The van der Waals surface area contributed by atoms with Crippen LogP contribution in [0.2, 0.25) is 0 Å². The Morgan fingerprint density at radius 2 is 2.17 bits per heavy atom. The molecule has 0 bridgehead atoms. The standard InChI is InChI=1S/C14H16N2OS/c1-10-7-11(14(15)17)4-5-12(10)8-16-9-13-3-2-6-18-13/h2-7,16H,8-9H2,1H3,(H2,15,17). The SMILES string of the molecule is Cc1cc(C(N)=O)ccc1CNCc1cccs1. The van der Waals surface area contributed by atoms with Gasteiger partial charge in [-0.2, -0.15) is 0 Å². The molecule has 1 amide bonds. The minimum Gasteiger partial charge on any atom is -0.366 e. The molecule has 94 valence electrons. The summed E-state index contributed by atoms with van der Waals surface area (Å²) in [7, 11) is 0. The van der Waals surface area contributed by atoms with Gasteiger partial charge in [-0.25, -0.2) is 0 Å². The fourth-order valence-electron chi connectivity index (χ4n) is 1.78. The van der Waals surface area contributed by atoms with E-state index in [9.17, 15) is 4.79 Å². The first kappa shape index (κ1) is 12.8. The zero-order chi connectivity index (χ0) is 13.0. The smallest absolute Gasteiger partial charge is 0.248 e. The Labute approximate surface area is 111 Å². The molecular weight excluding hydrogens is 244 g/mol. The number of carbonyl (C=O) groups excluding carboxylic acids is 1. The van der Waals surface area contributed by atoms with E-state index in [2.05, 4.69) is 22.8 Å². The van der Waals surface area contributed by atoms with Crippen molar-refractivity contribution in [2.75, 3.05) is 0 Å². The van der Waals surface area contributed by atoms with Crippen molar-refractivity contribution in [2.45, 2.75) is 20.0 Å². The second kappa shape index (κ2) is 5.80. The molecule has 1 heterocycles. The molecule has 0 unspecified atom stereocenters. The topological polar surface area (TPSA) is 55.1 Å². The van der Waals surface area contributed by atoms with Gasteiger partial charge in [0.1, 0.15) is 0 Å². The van der Waals surface area contributed by atoms with Crippen LogP contribution < -0.4 is 11.1 Å².